The SMILES string of the molecule is CCNc1ccnc(C2CNCCN2C(c2cccc(C(N3CCNCC3c3cc(NCC)ccn3)C(C)(C)C)c2O)C(C)(C)C)c1. The minimum Gasteiger partial charge on any atom is -0.507 e. The second-order valence-corrected chi connectivity index (χ2v) is 15.2. The summed E-state index contributed by atoms with van der Waals surface area (Å²) in [6.07, 6.45) is 3.82. The molecule has 5 rings (SSSR count). The Kier molecular flexibility index (Phi) is 11.1. The van der Waals surface area contributed by atoms with Crippen molar-refractivity contribution in [3.8, 4) is 5.75 Å². The van der Waals surface area contributed by atoms with E-state index in [2.05, 4.69) is 117 Å². The number of anilines is 2. The number of phenols is 1. The minimum atomic E-state index is -0.156. The Hall–Kier alpha value is -3.24. The summed E-state index contributed by atoms with van der Waals surface area (Å²) >= 11 is 0. The number of pyridine rings is 2. The van der Waals surface area contributed by atoms with E-state index in [4.69, 9.17) is 9.97 Å². The molecule has 9 nitrogen and oxygen atoms in total. The molecule has 2 aliphatic heterocycles. The lowest BCUT2D eigenvalue weighted by molar-refractivity contribution is 0.0313. The van der Waals surface area contributed by atoms with E-state index in [0.29, 0.717) is 5.75 Å². The summed E-state index contributed by atoms with van der Waals surface area (Å²) in [6, 6.07) is 15.0. The molecule has 2 saturated heterocycles. The fraction of sp³-hybridized carbons (Fsp3) is 0.579. The van der Waals surface area contributed by atoms with Crippen molar-refractivity contribution >= 4 is 11.4 Å². The van der Waals surface area contributed by atoms with E-state index in [1.807, 2.05) is 24.5 Å². The third-order valence-electron chi connectivity index (χ3n) is 9.57. The standard InChI is InChI=1S/C38H58N8O/c1-9-41-26-14-16-43-30(22-26)32-24-39-18-20-45(32)35(37(3,4)5)28-12-11-13-29(34(28)47)36(38(6,7)8)46-21-19-40-25-33(46)31-23-27(42-10-2)15-17-44-31/h11-17,22-23,32-33,35-36,39-40,47H,9-10,18-21,24-25H2,1-8H3,(H,41,43)(H,42,44). The van der Waals surface area contributed by atoms with Crippen LogP contribution < -0.4 is 21.3 Å². The predicted octanol–water partition coefficient (Wildman–Crippen LogP) is 6.51. The maximum absolute atomic E-state index is 12.5. The molecule has 3 aromatic rings. The maximum atomic E-state index is 12.5. The molecule has 0 bridgehead atoms. The normalized spacial score (nSPS) is 21.3. The summed E-state index contributed by atoms with van der Waals surface area (Å²) in [6.45, 7) is 24.8. The summed E-state index contributed by atoms with van der Waals surface area (Å²) in [4.78, 5) is 14.9. The number of rotatable bonds is 10. The smallest absolute Gasteiger partial charge is 0.125 e. The van der Waals surface area contributed by atoms with Crippen LogP contribution >= 0.6 is 0 Å². The first-order chi connectivity index (χ1) is 22.4. The van der Waals surface area contributed by atoms with Gasteiger partial charge in [-0.05, 0) is 48.9 Å². The molecule has 2 aromatic heterocycles. The number of aromatic hydroxyl groups is 1. The van der Waals surface area contributed by atoms with Crippen molar-refractivity contribution < 1.29 is 5.11 Å². The van der Waals surface area contributed by atoms with E-state index < -0.39 is 0 Å². The van der Waals surface area contributed by atoms with Crippen LogP contribution in [0.4, 0.5) is 11.4 Å². The van der Waals surface area contributed by atoms with Gasteiger partial charge >= 0.3 is 0 Å². The van der Waals surface area contributed by atoms with Crippen LogP contribution in [-0.2, 0) is 0 Å². The summed E-state index contributed by atoms with van der Waals surface area (Å²) in [5.74, 6) is 0.408. The van der Waals surface area contributed by atoms with Crippen LogP contribution in [0.3, 0.4) is 0 Å². The van der Waals surface area contributed by atoms with Crippen molar-refractivity contribution in [2.75, 3.05) is 63.0 Å². The number of aromatic nitrogens is 2. The van der Waals surface area contributed by atoms with Gasteiger partial charge < -0.3 is 26.4 Å². The Morgan fingerprint density at radius 2 is 1.17 bits per heavy atom. The first-order valence-corrected chi connectivity index (χ1v) is 17.6. The van der Waals surface area contributed by atoms with E-state index in [0.717, 1.165) is 86.2 Å². The molecule has 1 aromatic carbocycles. The van der Waals surface area contributed by atoms with Crippen molar-refractivity contribution in [3.63, 3.8) is 0 Å². The fourth-order valence-electron chi connectivity index (χ4n) is 7.80. The van der Waals surface area contributed by atoms with Crippen molar-refractivity contribution in [2.45, 2.75) is 79.6 Å². The number of piperazine rings is 2. The lowest BCUT2D eigenvalue weighted by atomic mass is 9.76. The second-order valence-electron chi connectivity index (χ2n) is 15.2. The average molecular weight is 643 g/mol. The molecular weight excluding hydrogens is 584 g/mol. The zero-order valence-electron chi connectivity index (χ0n) is 29.9. The van der Waals surface area contributed by atoms with Gasteiger partial charge in [0.15, 0.2) is 0 Å². The van der Waals surface area contributed by atoms with Crippen LogP contribution in [0.1, 0.15) is 102 Å². The predicted molar refractivity (Wildman–Crippen MR) is 194 cm³/mol. The summed E-state index contributed by atoms with van der Waals surface area (Å²) in [7, 11) is 0. The van der Waals surface area contributed by atoms with E-state index in [9.17, 15) is 5.11 Å². The molecule has 0 aliphatic carbocycles. The molecule has 9 heteroatoms. The highest BCUT2D eigenvalue weighted by molar-refractivity contribution is 5.48. The number of para-hydroxylation sites is 1. The fourth-order valence-corrected chi connectivity index (χ4v) is 7.80. The van der Waals surface area contributed by atoms with Gasteiger partial charge in [0.1, 0.15) is 5.75 Å². The number of nitrogens with zero attached hydrogens (tertiary/aromatic N) is 4. The van der Waals surface area contributed by atoms with E-state index >= 15 is 0 Å². The van der Waals surface area contributed by atoms with Crippen LogP contribution in [-0.4, -0.2) is 77.2 Å². The average Bonchev–Trinajstić information content (AvgIpc) is 3.03. The van der Waals surface area contributed by atoms with Crippen molar-refractivity contribution in [1.29, 1.82) is 0 Å². The van der Waals surface area contributed by atoms with Gasteiger partial charge in [-0.1, -0.05) is 59.7 Å². The van der Waals surface area contributed by atoms with Gasteiger partial charge in [-0.3, -0.25) is 19.8 Å². The van der Waals surface area contributed by atoms with Crippen LogP contribution in [0.5, 0.6) is 5.75 Å². The van der Waals surface area contributed by atoms with E-state index in [1.54, 1.807) is 0 Å². The molecule has 5 N–H and O–H groups in total. The van der Waals surface area contributed by atoms with Gasteiger partial charge in [-0.15, -0.1) is 0 Å². The first kappa shape index (κ1) is 35.1. The van der Waals surface area contributed by atoms with E-state index in [1.165, 1.54) is 0 Å². The van der Waals surface area contributed by atoms with Crippen LogP contribution in [0.25, 0.3) is 0 Å². The molecule has 0 saturated carbocycles. The molecule has 0 spiro atoms. The molecule has 0 amide bonds. The lowest BCUT2D eigenvalue weighted by Gasteiger charge is -2.49. The number of nitrogens with one attached hydrogen (secondary N) is 4. The molecule has 4 atom stereocenters. The van der Waals surface area contributed by atoms with Crippen molar-refractivity contribution in [1.82, 2.24) is 30.4 Å². The molecule has 0 radical (unpaired) electrons. The molecule has 2 aliphatic rings. The van der Waals surface area contributed by atoms with Gasteiger partial charge in [0, 0.05) is 99.3 Å². The Balaban J connectivity index is 1.58. The van der Waals surface area contributed by atoms with Crippen molar-refractivity contribution in [2.24, 2.45) is 10.8 Å². The molecule has 4 unspecified atom stereocenters. The van der Waals surface area contributed by atoms with Gasteiger partial charge in [-0.25, -0.2) is 0 Å². The minimum absolute atomic E-state index is 0.0305. The molecular formula is C38H58N8O. The number of hydrogen-bond acceptors (Lipinski definition) is 9. The third-order valence-corrected chi connectivity index (χ3v) is 9.57. The molecule has 256 valence electrons. The van der Waals surface area contributed by atoms with E-state index in [-0.39, 0.29) is 35.0 Å². The molecule has 2 fully saturated rings. The molecule has 47 heavy (non-hydrogen) atoms. The van der Waals surface area contributed by atoms with Crippen LogP contribution in [0.15, 0.2) is 54.9 Å². The summed E-state index contributed by atoms with van der Waals surface area (Å²) in [5.41, 5.74) is 5.92. The Bertz CT molecular complexity index is 1360. The van der Waals surface area contributed by atoms with Gasteiger partial charge in [0.2, 0.25) is 0 Å². The van der Waals surface area contributed by atoms with Crippen LogP contribution in [0.2, 0.25) is 0 Å². The lowest BCUT2D eigenvalue weighted by Crippen LogP contribution is -2.51. The van der Waals surface area contributed by atoms with Gasteiger partial charge in [-0.2, -0.15) is 0 Å². The zero-order valence-corrected chi connectivity index (χ0v) is 29.9. The third kappa shape index (κ3) is 7.91. The largest absolute Gasteiger partial charge is 0.507 e. The Morgan fingerprint density at radius 3 is 1.55 bits per heavy atom. The Labute approximate surface area is 283 Å². The summed E-state index contributed by atoms with van der Waals surface area (Å²) in [5, 5.41) is 26.7. The number of hydrogen-bond donors (Lipinski definition) is 5. The second kappa shape index (κ2) is 14.9. The first-order valence-electron chi connectivity index (χ1n) is 17.6. The van der Waals surface area contributed by atoms with Crippen molar-refractivity contribution in [3.05, 3.63) is 77.4 Å². The highest BCUT2D eigenvalue weighted by Gasteiger charge is 2.43. The monoisotopic (exact) mass is 642 g/mol. The maximum Gasteiger partial charge on any atom is 0.125 e. The highest BCUT2D eigenvalue weighted by atomic mass is 16.3. The molecule has 4 heterocycles. The number of benzene rings is 1. The van der Waals surface area contributed by atoms with Gasteiger partial charge in [0.25, 0.3) is 0 Å². The highest BCUT2D eigenvalue weighted by Crippen LogP contribution is 2.51. The number of phenolic OH excluding ortho intramolecular Hbond substituents is 1. The van der Waals surface area contributed by atoms with Crippen LogP contribution in [0, 0.1) is 10.8 Å². The summed E-state index contributed by atoms with van der Waals surface area (Å²) < 4.78 is 0. The quantitative estimate of drug-likeness (QED) is 0.169. The Morgan fingerprint density at radius 1 is 0.745 bits per heavy atom. The zero-order chi connectivity index (χ0) is 33.8. The van der Waals surface area contributed by atoms with Gasteiger partial charge in [0.05, 0.1) is 23.5 Å². The topological polar surface area (TPSA) is 101 Å².